The second-order valence-corrected chi connectivity index (χ2v) is 5.16. The third-order valence-corrected chi connectivity index (χ3v) is 3.61. The Labute approximate surface area is 105 Å². The zero-order valence-corrected chi connectivity index (χ0v) is 10.8. The van der Waals surface area contributed by atoms with E-state index in [-0.39, 0.29) is 0 Å². The van der Waals surface area contributed by atoms with Crippen LogP contribution in [0, 0.1) is 0 Å². The topological polar surface area (TPSA) is 37.9 Å². The quantitative estimate of drug-likeness (QED) is 0.788. The number of hydrogen-bond donors (Lipinski definition) is 1. The number of halogens is 1. The minimum atomic E-state index is 0.385. The highest BCUT2D eigenvalue weighted by atomic mass is 35.5. The van der Waals surface area contributed by atoms with Gasteiger partial charge in [0.15, 0.2) is 0 Å². The number of rotatable bonds is 1. The van der Waals surface area contributed by atoms with E-state index in [1.807, 2.05) is 0 Å². The van der Waals surface area contributed by atoms with Crippen LogP contribution in [0.25, 0.3) is 11.0 Å². The Bertz CT molecular complexity index is 574. The first kappa shape index (κ1) is 11.1. The van der Waals surface area contributed by atoms with Crippen molar-refractivity contribution < 1.29 is 4.74 Å². The number of ether oxygens (including phenoxy) is 1. The highest BCUT2D eigenvalue weighted by Crippen LogP contribution is 2.31. The van der Waals surface area contributed by atoms with Gasteiger partial charge in [0.25, 0.3) is 0 Å². The fourth-order valence-corrected chi connectivity index (χ4v) is 2.72. The molecule has 0 aliphatic carbocycles. The fourth-order valence-electron chi connectivity index (χ4n) is 2.36. The molecule has 1 aliphatic rings. The minimum Gasteiger partial charge on any atom is -0.375 e. The van der Waals surface area contributed by atoms with Crippen molar-refractivity contribution in [1.29, 1.82) is 0 Å². The first-order valence-corrected chi connectivity index (χ1v) is 6.32. The third-order valence-electron chi connectivity index (χ3n) is 3.30. The van der Waals surface area contributed by atoms with E-state index in [2.05, 4.69) is 29.9 Å². The molecule has 1 aliphatic heterocycles. The number of H-pyrrole nitrogens is 1. The summed E-state index contributed by atoms with van der Waals surface area (Å²) in [6, 6.07) is 2.12. The molecule has 0 amide bonds. The molecule has 4 heteroatoms. The lowest BCUT2D eigenvalue weighted by atomic mass is 10.0. The molecule has 0 aromatic carbocycles. The van der Waals surface area contributed by atoms with Gasteiger partial charge in [-0.1, -0.05) is 25.4 Å². The van der Waals surface area contributed by atoms with Crippen molar-refractivity contribution in [3.8, 4) is 0 Å². The monoisotopic (exact) mass is 250 g/mol. The fraction of sp³-hybridized carbons (Fsp3) is 0.462. The summed E-state index contributed by atoms with van der Waals surface area (Å²) in [5, 5.41) is 0.626. The molecule has 3 nitrogen and oxygen atoms in total. The van der Waals surface area contributed by atoms with E-state index in [4.69, 9.17) is 16.3 Å². The Balaban J connectivity index is 2.24. The van der Waals surface area contributed by atoms with Gasteiger partial charge in [-0.2, -0.15) is 0 Å². The maximum atomic E-state index is 6.24. The molecule has 1 N–H and O–H groups in total. The molecule has 0 fully saturated rings. The third kappa shape index (κ3) is 1.74. The van der Waals surface area contributed by atoms with Crippen molar-refractivity contribution in [2.45, 2.75) is 32.8 Å². The van der Waals surface area contributed by atoms with Crippen molar-refractivity contribution in [2.75, 3.05) is 6.61 Å². The van der Waals surface area contributed by atoms with Gasteiger partial charge in [0.1, 0.15) is 5.15 Å². The Kier molecular flexibility index (Phi) is 2.60. The van der Waals surface area contributed by atoms with Crippen LogP contribution in [0.3, 0.4) is 0 Å². The molecule has 0 radical (unpaired) electrons. The van der Waals surface area contributed by atoms with Crippen LogP contribution in [0.15, 0.2) is 6.07 Å². The van der Waals surface area contributed by atoms with E-state index in [0.29, 0.717) is 17.7 Å². The standard InChI is InChI=1S/C13H15ClN2O/c1-7(2)9-5-10-12(16-13(9)14)8-3-4-17-6-11(8)15-10/h5,7,15H,3-4,6H2,1-2H3. The summed E-state index contributed by atoms with van der Waals surface area (Å²) in [6.07, 6.45) is 0.916. The van der Waals surface area contributed by atoms with E-state index < -0.39 is 0 Å². The Morgan fingerprint density at radius 3 is 3.06 bits per heavy atom. The molecule has 0 saturated carbocycles. The molecule has 3 heterocycles. The largest absolute Gasteiger partial charge is 0.375 e. The summed E-state index contributed by atoms with van der Waals surface area (Å²) >= 11 is 6.24. The van der Waals surface area contributed by atoms with Crippen LogP contribution >= 0.6 is 11.6 Å². The lowest BCUT2D eigenvalue weighted by Gasteiger charge is -2.11. The van der Waals surface area contributed by atoms with Gasteiger partial charge in [-0.15, -0.1) is 0 Å². The van der Waals surface area contributed by atoms with Crippen LogP contribution in [0.2, 0.25) is 5.15 Å². The molecule has 3 rings (SSSR count). The molecule has 0 saturated heterocycles. The van der Waals surface area contributed by atoms with Crippen LogP contribution in [-0.4, -0.2) is 16.6 Å². The van der Waals surface area contributed by atoms with Gasteiger partial charge in [-0.3, -0.25) is 0 Å². The lowest BCUT2D eigenvalue weighted by Crippen LogP contribution is -2.08. The first-order valence-electron chi connectivity index (χ1n) is 5.94. The molecule has 0 bridgehead atoms. The van der Waals surface area contributed by atoms with Gasteiger partial charge >= 0.3 is 0 Å². The van der Waals surface area contributed by atoms with Gasteiger partial charge < -0.3 is 9.72 Å². The number of aromatic amines is 1. The van der Waals surface area contributed by atoms with Crippen LogP contribution in [-0.2, 0) is 17.8 Å². The van der Waals surface area contributed by atoms with E-state index in [1.165, 1.54) is 5.56 Å². The van der Waals surface area contributed by atoms with Gasteiger partial charge in [0.05, 0.1) is 24.2 Å². The van der Waals surface area contributed by atoms with Crippen LogP contribution < -0.4 is 0 Å². The second-order valence-electron chi connectivity index (χ2n) is 4.80. The Hall–Kier alpha value is -1.06. The summed E-state index contributed by atoms with van der Waals surface area (Å²) < 4.78 is 5.44. The van der Waals surface area contributed by atoms with Crippen LogP contribution in [0.1, 0.15) is 36.6 Å². The molecule has 2 aromatic heterocycles. The minimum absolute atomic E-state index is 0.385. The van der Waals surface area contributed by atoms with E-state index in [9.17, 15) is 0 Å². The normalized spacial score (nSPS) is 15.5. The maximum Gasteiger partial charge on any atom is 0.133 e. The molecule has 0 spiro atoms. The zero-order chi connectivity index (χ0) is 12.0. The zero-order valence-electron chi connectivity index (χ0n) is 10.0. The van der Waals surface area contributed by atoms with Gasteiger partial charge in [-0.25, -0.2) is 4.98 Å². The molecular formula is C13H15ClN2O. The van der Waals surface area contributed by atoms with Crippen LogP contribution in [0.4, 0.5) is 0 Å². The average Bonchev–Trinajstić information content (AvgIpc) is 2.65. The van der Waals surface area contributed by atoms with Crippen molar-refractivity contribution >= 4 is 22.6 Å². The van der Waals surface area contributed by atoms with Gasteiger partial charge in [0, 0.05) is 11.3 Å². The van der Waals surface area contributed by atoms with E-state index >= 15 is 0 Å². The van der Waals surface area contributed by atoms with E-state index in [1.54, 1.807) is 0 Å². The van der Waals surface area contributed by atoms with Crippen molar-refractivity contribution in [2.24, 2.45) is 0 Å². The van der Waals surface area contributed by atoms with Gasteiger partial charge in [0.2, 0.25) is 0 Å². The number of hydrogen-bond acceptors (Lipinski definition) is 2. The first-order chi connectivity index (χ1) is 8.16. The number of nitrogens with zero attached hydrogens (tertiary/aromatic N) is 1. The average molecular weight is 251 g/mol. The molecule has 17 heavy (non-hydrogen) atoms. The number of nitrogens with one attached hydrogen (secondary N) is 1. The predicted octanol–water partition coefficient (Wildman–Crippen LogP) is 3.41. The van der Waals surface area contributed by atoms with E-state index in [0.717, 1.165) is 35.3 Å². The molecular weight excluding hydrogens is 236 g/mol. The number of aromatic nitrogens is 2. The highest BCUT2D eigenvalue weighted by Gasteiger charge is 2.18. The van der Waals surface area contributed by atoms with Crippen LogP contribution in [0.5, 0.6) is 0 Å². The highest BCUT2D eigenvalue weighted by molar-refractivity contribution is 6.30. The van der Waals surface area contributed by atoms with Gasteiger partial charge in [-0.05, 0) is 24.0 Å². The Morgan fingerprint density at radius 1 is 1.47 bits per heavy atom. The summed E-state index contributed by atoms with van der Waals surface area (Å²) in [5.74, 6) is 0.385. The molecule has 0 atom stereocenters. The SMILES string of the molecule is CC(C)c1cc2[nH]c3c(c2nc1Cl)CCOC3. The van der Waals surface area contributed by atoms with Crippen molar-refractivity contribution in [3.63, 3.8) is 0 Å². The lowest BCUT2D eigenvalue weighted by molar-refractivity contribution is 0.109. The second kappa shape index (κ2) is 4.00. The molecule has 0 unspecified atom stereocenters. The number of fused-ring (bicyclic) bond motifs is 3. The summed E-state index contributed by atoms with van der Waals surface area (Å²) in [5.41, 5.74) is 5.60. The summed E-state index contributed by atoms with van der Waals surface area (Å²) in [4.78, 5) is 7.94. The van der Waals surface area contributed by atoms with Crippen molar-refractivity contribution in [3.05, 3.63) is 28.0 Å². The Morgan fingerprint density at radius 2 is 2.29 bits per heavy atom. The molecule has 90 valence electrons. The predicted molar refractivity (Wildman–Crippen MR) is 68.6 cm³/mol. The smallest absolute Gasteiger partial charge is 0.133 e. The van der Waals surface area contributed by atoms with Crippen molar-refractivity contribution in [1.82, 2.24) is 9.97 Å². The molecule has 2 aromatic rings. The summed E-state index contributed by atoms with van der Waals surface area (Å²) in [7, 11) is 0. The summed E-state index contributed by atoms with van der Waals surface area (Å²) in [6.45, 7) is 5.67. The maximum absolute atomic E-state index is 6.24. The number of pyridine rings is 1.